The molecule has 3 heteroatoms. The summed E-state index contributed by atoms with van der Waals surface area (Å²) in [5.74, 6) is 0.223. The molecule has 1 N–H and O–H groups in total. The third-order valence-corrected chi connectivity index (χ3v) is 2.86. The second-order valence-corrected chi connectivity index (χ2v) is 3.59. The summed E-state index contributed by atoms with van der Waals surface area (Å²) in [5, 5.41) is 12.7. The summed E-state index contributed by atoms with van der Waals surface area (Å²) in [6.07, 6.45) is 0. The quantitative estimate of drug-likeness (QED) is 0.667. The molecule has 2 aromatic rings. The Hall–Kier alpha value is -0.730. The largest absolute Gasteiger partial charge is 0.508 e. The number of fused-ring (bicyclic) bond motifs is 1. The zero-order valence-electron chi connectivity index (χ0n) is 5.54. The summed E-state index contributed by atoms with van der Waals surface area (Å²) in [6, 6.07) is 5.20. The van der Waals surface area contributed by atoms with Crippen LogP contribution in [0.4, 0.5) is 0 Å². The van der Waals surface area contributed by atoms with E-state index in [1.54, 1.807) is 23.5 Å². The van der Waals surface area contributed by atoms with Crippen molar-refractivity contribution in [2.24, 2.45) is 0 Å². The predicted molar refractivity (Wildman–Crippen MR) is 48.5 cm³/mol. The highest BCUT2D eigenvalue weighted by Gasteiger charge is 2.01. The lowest BCUT2D eigenvalue weighted by Gasteiger charge is -1.94. The van der Waals surface area contributed by atoms with Gasteiger partial charge in [-0.3, -0.25) is 0 Å². The minimum atomic E-state index is 0.223. The zero-order chi connectivity index (χ0) is 7.84. The minimum absolute atomic E-state index is 0.223. The molecule has 0 unspecified atom stereocenters. The highest BCUT2D eigenvalue weighted by Crippen LogP contribution is 2.32. The molecule has 1 nitrogen and oxygen atoms in total. The number of phenols is 1. The van der Waals surface area contributed by atoms with Crippen LogP contribution >= 0.6 is 22.9 Å². The Morgan fingerprint density at radius 1 is 1.36 bits per heavy atom. The topological polar surface area (TPSA) is 20.2 Å². The molecule has 0 spiro atoms. The first-order valence-corrected chi connectivity index (χ1v) is 4.39. The Labute approximate surface area is 72.9 Å². The Kier molecular flexibility index (Phi) is 1.51. The molecule has 0 bridgehead atoms. The lowest BCUT2D eigenvalue weighted by molar-refractivity contribution is 0.476. The van der Waals surface area contributed by atoms with Crippen molar-refractivity contribution in [2.45, 2.75) is 0 Å². The SMILES string of the molecule is Oc1cc(Cl)c2sccc2c1. The van der Waals surface area contributed by atoms with Crippen molar-refractivity contribution in [2.75, 3.05) is 0 Å². The van der Waals surface area contributed by atoms with Crippen LogP contribution in [0.2, 0.25) is 5.02 Å². The van der Waals surface area contributed by atoms with E-state index in [4.69, 9.17) is 16.7 Å². The van der Waals surface area contributed by atoms with E-state index in [0.29, 0.717) is 5.02 Å². The molecular formula is C8H5ClOS. The summed E-state index contributed by atoms with van der Waals surface area (Å²) >= 11 is 7.43. The van der Waals surface area contributed by atoms with Crippen molar-refractivity contribution < 1.29 is 5.11 Å². The third-order valence-electron chi connectivity index (χ3n) is 1.49. The maximum Gasteiger partial charge on any atom is 0.117 e. The lowest BCUT2D eigenvalue weighted by Crippen LogP contribution is -1.66. The van der Waals surface area contributed by atoms with Crippen molar-refractivity contribution in [1.29, 1.82) is 0 Å². The molecule has 0 aliphatic carbocycles. The van der Waals surface area contributed by atoms with Gasteiger partial charge >= 0.3 is 0 Å². The second-order valence-electron chi connectivity index (χ2n) is 2.27. The van der Waals surface area contributed by atoms with E-state index in [0.717, 1.165) is 10.1 Å². The zero-order valence-corrected chi connectivity index (χ0v) is 7.12. The van der Waals surface area contributed by atoms with Crippen molar-refractivity contribution in [3.8, 4) is 5.75 Å². The molecule has 11 heavy (non-hydrogen) atoms. The third kappa shape index (κ3) is 1.08. The van der Waals surface area contributed by atoms with Crippen LogP contribution in [0.25, 0.3) is 10.1 Å². The fourth-order valence-electron chi connectivity index (χ4n) is 1.02. The van der Waals surface area contributed by atoms with Crippen LogP contribution in [0.15, 0.2) is 23.6 Å². The van der Waals surface area contributed by atoms with E-state index in [1.165, 1.54) is 0 Å². The molecule has 0 radical (unpaired) electrons. The highest BCUT2D eigenvalue weighted by molar-refractivity contribution is 7.17. The number of rotatable bonds is 0. The van der Waals surface area contributed by atoms with Crippen molar-refractivity contribution in [1.82, 2.24) is 0 Å². The van der Waals surface area contributed by atoms with Gasteiger partial charge < -0.3 is 5.11 Å². The number of thiophene rings is 1. The molecule has 56 valence electrons. The van der Waals surface area contributed by atoms with Crippen LogP contribution < -0.4 is 0 Å². The van der Waals surface area contributed by atoms with Gasteiger partial charge in [0.25, 0.3) is 0 Å². The number of hydrogen-bond donors (Lipinski definition) is 1. The lowest BCUT2D eigenvalue weighted by atomic mass is 10.2. The van der Waals surface area contributed by atoms with Crippen LogP contribution in [-0.4, -0.2) is 5.11 Å². The Morgan fingerprint density at radius 2 is 2.18 bits per heavy atom. The van der Waals surface area contributed by atoms with Gasteiger partial charge in [-0.15, -0.1) is 11.3 Å². The van der Waals surface area contributed by atoms with Crippen molar-refractivity contribution in [3.63, 3.8) is 0 Å². The van der Waals surface area contributed by atoms with Gasteiger partial charge in [0, 0.05) is 0 Å². The van der Waals surface area contributed by atoms with Crippen molar-refractivity contribution >= 4 is 33.0 Å². The maximum atomic E-state index is 9.15. The van der Waals surface area contributed by atoms with Gasteiger partial charge in [-0.25, -0.2) is 0 Å². The van der Waals surface area contributed by atoms with Crippen molar-refractivity contribution in [3.05, 3.63) is 28.6 Å². The number of aromatic hydroxyl groups is 1. The number of hydrogen-bond acceptors (Lipinski definition) is 2. The average Bonchev–Trinajstić information content (AvgIpc) is 2.34. The summed E-state index contributed by atoms with van der Waals surface area (Å²) in [6.45, 7) is 0. The molecule has 1 heterocycles. The Balaban J connectivity index is 2.91. The van der Waals surface area contributed by atoms with Gasteiger partial charge in [0.15, 0.2) is 0 Å². The summed E-state index contributed by atoms with van der Waals surface area (Å²) in [4.78, 5) is 0. The van der Waals surface area contributed by atoms with Crippen LogP contribution in [0.5, 0.6) is 5.75 Å². The molecule has 0 amide bonds. The monoisotopic (exact) mass is 184 g/mol. The molecule has 1 aromatic heterocycles. The first-order chi connectivity index (χ1) is 5.27. The molecular weight excluding hydrogens is 180 g/mol. The number of phenolic OH excluding ortho intramolecular Hbond substituents is 1. The Morgan fingerprint density at radius 3 is 3.00 bits per heavy atom. The van der Waals surface area contributed by atoms with Gasteiger partial charge in [0.05, 0.1) is 9.72 Å². The molecule has 0 aliphatic heterocycles. The molecule has 0 saturated carbocycles. The van der Waals surface area contributed by atoms with Gasteiger partial charge in [0.1, 0.15) is 5.75 Å². The van der Waals surface area contributed by atoms with E-state index in [9.17, 15) is 0 Å². The van der Waals surface area contributed by atoms with Gasteiger partial charge in [-0.05, 0) is 29.0 Å². The Bertz CT molecular complexity index is 394. The van der Waals surface area contributed by atoms with Gasteiger partial charge in [-0.1, -0.05) is 11.6 Å². The van der Waals surface area contributed by atoms with Crippen LogP contribution in [0.1, 0.15) is 0 Å². The summed E-state index contributed by atoms with van der Waals surface area (Å²) < 4.78 is 1.03. The molecule has 0 atom stereocenters. The standard InChI is InChI=1S/C8H5ClOS/c9-7-4-6(10)3-5-1-2-11-8(5)7/h1-4,10H. The number of benzene rings is 1. The van der Waals surface area contributed by atoms with E-state index in [2.05, 4.69) is 0 Å². The first-order valence-electron chi connectivity index (χ1n) is 3.13. The maximum absolute atomic E-state index is 9.15. The molecule has 0 fully saturated rings. The van der Waals surface area contributed by atoms with E-state index < -0.39 is 0 Å². The van der Waals surface area contributed by atoms with Gasteiger partial charge in [-0.2, -0.15) is 0 Å². The minimum Gasteiger partial charge on any atom is -0.508 e. The fraction of sp³-hybridized carbons (Fsp3) is 0. The molecule has 2 rings (SSSR count). The van der Waals surface area contributed by atoms with E-state index >= 15 is 0 Å². The van der Waals surface area contributed by atoms with E-state index in [-0.39, 0.29) is 5.75 Å². The predicted octanol–water partition coefficient (Wildman–Crippen LogP) is 3.26. The molecule has 0 saturated heterocycles. The van der Waals surface area contributed by atoms with Gasteiger partial charge in [0.2, 0.25) is 0 Å². The average molecular weight is 185 g/mol. The van der Waals surface area contributed by atoms with Crippen LogP contribution in [0.3, 0.4) is 0 Å². The normalized spacial score (nSPS) is 10.6. The molecule has 0 aliphatic rings. The number of halogens is 1. The highest BCUT2D eigenvalue weighted by atomic mass is 35.5. The first kappa shape index (κ1) is 6.95. The van der Waals surface area contributed by atoms with Crippen LogP contribution in [0, 0.1) is 0 Å². The summed E-state index contributed by atoms with van der Waals surface area (Å²) in [7, 11) is 0. The summed E-state index contributed by atoms with van der Waals surface area (Å²) in [5.41, 5.74) is 0. The van der Waals surface area contributed by atoms with E-state index in [1.807, 2.05) is 11.4 Å². The molecule has 1 aromatic carbocycles. The smallest absolute Gasteiger partial charge is 0.117 e. The fourth-order valence-corrected chi connectivity index (χ4v) is 2.16. The van der Waals surface area contributed by atoms with Crippen LogP contribution in [-0.2, 0) is 0 Å². The second kappa shape index (κ2) is 2.40.